The van der Waals surface area contributed by atoms with Crippen LogP contribution in [0.2, 0.25) is 5.02 Å². The minimum atomic E-state index is -3.87. The Morgan fingerprint density at radius 1 is 1.03 bits per heavy atom. The third kappa shape index (κ3) is 7.06. The molecule has 1 unspecified atom stereocenters. The van der Waals surface area contributed by atoms with Crippen LogP contribution in [0.3, 0.4) is 0 Å². The van der Waals surface area contributed by atoms with E-state index in [1.54, 1.807) is 43.3 Å². The third-order valence-electron chi connectivity index (χ3n) is 4.93. The predicted molar refractivity (Wildman–Crippen MR) is 134 cm³/mol. The van der Waals surface area contributed by atoms with Crippen LogP contribution in [0.1, 0.15) is 38.8 Å². The molecule has 0 radical (unpaired) electrons. The van der Waals surface area contributed by atoms with Gasteiger partial charge in [-0.3, -0.25) is 8.98 Å². The van der Waals surface area contributed by atoms with Crippen LogP contribution in [0.15, 0.2) is 64.4 Å². The monoisotopic (exact) mass is 520 g/mol. The number of nitrogens with zero attached hydrogens (tertiary/aromatic N) is 2. The quantitative estimate of drug-likeness (QED) is 0.377. The van der Waals surface area contributed by atoms with Crippen LogP contribution in [-0.2, 0) is 26.4 Å². The zero-order chi connectivity index (χ0) is 25.8. The molecule has 1 aromatic heterocycles. The van der Waals surface area contributed by atoms with Crippen molar-refractivity contribution in [1.82, 2.24) is 9.78 Å². The van der Waals surface area contributed by atoms with E-state index in [2.05, 4.69) is 5.10 Å². The lowest BCUT2D eigenvalue weighted by atomic mass is 10.1. The van der Waals surface area contributed by atoms with Crippen LogP contribution in [-0.4, -0.2) is 30.9 Å². The molecule has 3 aromatic rings. The summed E-state index contributed by atoms with van der Waals surface area (Å²) in [7, 11) is -3.87. The molecule has 0 amide bonds. The van der Waals surface area contributed by atoms with Crippen molar-refractivity contribution in [1.29, 1.82) is 0 Å². The molecule has 0 spiro atoms. The number of hydrogen-bond donors (Lipinski definition) is 0. The van der Waals surface area contributed by atoms with Crippen molar-refractivity contribution in [3.63, 3.8) is 0 Å². The lowest BCUT2D eigenvalue weighted by molar-refractivity contribution is 0.149. The van der Waals surface area contributed by atoms with Crippen LogP contribution in [0.5, 0.6) is 11.5 Å². The van der Waals surface area contributed by atoms with Crippen LogP contribution in [0, 0.1) is 6.92 Å². The largest absolute Gasteiger partial charge is 0.491 e. The zero-order valence-corrected chi connectivity index (χ0v) is 21.9. The maximum Gasteiger partial charge on any atom is 0.297 e. The van der Waals surface area contributed by atoms with Crippen molar-refractivity contribution in [2.75, 3.05) is 6.61 Å². The summed E-state index contributed by atoms with van der Waals surface area (Å²) in [5.74, 6) is 0.752. The summed E-state index contributed by atoms with van der Waals surface area (Å²) >= 11 is 6.19. The summed E-state index contributed by atoms with van der Waals surface area (Å²) in [6, 6.07) is 13.5. The number of aryl methyl sites for hydroxylation is 1. The van der Waals surface area contributed by atoms with Gasteiger partial charge < -0.3 is 9.47 Å². The normalized spacial score (nSPS) is 12.9. The lowest BCUT2D eigenvalue weighted by Gasteiger charge is -2.21. The first-order valence-electron chi connectivity index (χ1n) is 11.0. The molecule has 1 heterocycles. The minimum absolute atomic E-state index is 0.0237. The van der Waals surface area contributed by atoms with Crippen molar-refractivity contribution < 1.29 is 22.1 Å². The summed E-state index contributed by atoms with van der Waals surface area (Å²) in [5, 5.41) is 4.12. The molecule has 0 saturated carbocycles. The molecule has 10 heteroatoms. The Morgan fingerprint density at radius 3 is 2.26 bits per heavy atom. The Bertz CT molecular complexity index is 1310. The number of rotatable bonds is 9. The second-order valence-corrected chi connectivity index (χ2v) is 11.1. The predicted octanol–water partition coefficient (Wildman–Crippen LogP) is 4.71. The second-order valence-electron chi connectivity index (χ2n) is 9.13. The van der Waals surface area contributed by atoms with Crippen LogP contribution in [0.4, 0.5) is 0 Å². The first kappa shape index (κ1) is 26.7. The van der Waals surface area contributed by atoms with E-state index in [0.29, 0.717) is 5.75 Å². The van der Waals surface area contributed by atoms with E-state index in [1.165, 1.54) is 23.0 Å². The topological polar surface area (TPSA) is 96.7 Å². The Hall–Kier alpha value is -2.88. The van der Waals surface area contributed by atoms with Crippen molar-refractivity contribution in [3.05, 3.63) is 81.2 Å². The summed E-state index contributed by atoms with van der Waals surface area (Å²) in [4.78, 5) is 12.5. The fraction of sp³-hybridized carbons (Fsp3) is 0.360. The van der Waals surface area contributed by atoms with Gasteiger partial charge in [0.05, 0.1) is 16.6 Å². The highest BCUT2D eigenvalue weighted by Gasteiger charge is 2.21. The third-order valence-corrected chi connectivity index (χ3v) is 6.70. The fourth-order valence-electron chi connectivity index (χ4n) is 3.06. The minimum Gasteiger partial charge on any atom is -0.491 e. The van der Waals surface area contributed by atoms with Crippen molar-refractivity contribution in [2.45, 2.75) is 57.8 Å². The Balaban J connectivity index is 1.54. The van der Waals surface area contributed by atoms with E-state index in [0.717, 1.165) is 11.1 Å². The van der Waals surface area contributed by atoms with E-state index >= 15 is 0 Å². The van der Waals surface area contributed by atoms with Gasteiger partial charge in [0.2, 0.25) is 0 Å². The Kier molecular flexibility index (Phi) is 8.25. The van der Waals surface area contributed by atoms with Gasteiger partial charge in [-0.05, 0) is 64.4 Å². The molecule has 35 heavy (non-hydrogen) atoms. The van der Waals surface area contributed by atoms with Gasteiger partial charge >= 0.3 is 0 Å². The van der Waals surface area contributed by atoms with E-state index < -0.39 is 27.3 Å². The number of halogens is 1. The molecule has 0 saturated heterocycles. The maximum atomic E-state index is 12.4. The summed E-state index contributed by atoms with van der Waals surface area (Å²) in [6.07, 6.45) is 0.743. The highest BCUT2D eigenvalue weighted by molar-refractivity contribution is 7.86. The van der Waals surface area contributed by atoms with Gasteiger partial charge in [0.1, 0.15) is 25.1 Å². The lowest BCUT2D eigenvalue weighted by Crippen LogP contribution is -2.36. The molecule has 0 aliphatic heterocycles. The summed E-state index contributed by atoms with van der Waals surface area (Å²) in [5.41, 5.74) is 0.866. The average Bonchev–Trinajstić information content (AvgIpc) is 2.78. The van der Waals surface area contributed by atoms with Gasteiger partial charge in [-0.1, -0.05) is 41.4 Å². The first-order valence-corrected chi connectivity index (χ1v) is 12.8. The summed E-state index contributed by atoms with van der Waals surface area (Å²) in [6.45, 7) is 9.30. The molecule has 0 bridgehead atoms. The fourth-order valence-corrected chi connectivity index (χ4v) is 4.31. The molecule has 3 rings (SSSR count). The Morgan fingerprint density at radius 2 is 1.66 bits per heavy atom. The van der Waals surface area contributed by atoms with Crippen molar-refractivity contribution in [2.24, 2.45) is 0 Å². The molecule has 0 N–H and O–H groups in total. The second kappa shape index (κ2) is 10.8. The number of ether oxygens (including phenoxy) is 2. The first-order chi connectivity index (χ1) is 16.4. The molecule has 0 fully saturated rings. The number of hydrogen-bond acceptors (Lipinski definition) is 7. The number of benzene rings is 2. The molecule has 0 aliphatic carbocycles. The molecule has 8 nitrogen and oxygen atoms in total. The molecule has 0 aliphatic rings. The molecule has 188 valence electrons. The van der Waals surface area contributed by atoms with Gasteiger partial charge in [0.15, 0.2) is 10.8 Å². The highest BCUT2D eigenvalue weighted by Crippen LogP contribution is 2.22. The molecular weight excluding hydrogens is 492 g/mol. The zero-order valence-electron chi connectivity index (χ0n) is 20.3. The smallest absolute Gasteiger partial charge is 0.297 e. The SMILES string of the molecule is Cc1ccc(S(=O)(=O)OC(C)COc2ccc(COc3cnn(C(C)(C)C)c(=O)c3Cl)cc2)cc1. The van der Waals surface area contributed by atoms with Crippen molar-refractivity contribution >= 4 is 21.7 Å². The van der Waals surface area contributed by atoms with E-state index in [-0.39, 0.29) is 28.9 Å². The van der Waals surface area contributed by atoms with E-state index in [4.69, 9.17) is 25.3 Å². The van der Waals surface area contributed by atoms with Gasteiger partial charge in [-0.15, -0.1) is 0 Å². The highest BCUT2D eigenvalue weighted by atomic mass is 35.5. The average molecular weight is 521 g/mol. The Labute approximate surface area is 210 Å². The van der Waals surface area contributed by atoms with E-state index in [1.807, 2.05) is 27.7 Å². The number of aromatic nitrogens is 2. The molecule has 1 atom stereocenters. The molecule has 2 aromatic carbocycles. The maximum absolute atomic E-state index is 12.4. The van der Waals surface area contributed by atoms with Gasteiger partial charge in [0.25, 0.3) is 15.7 Å². The van der Waals surface area contributed by atoms with Crippen molar-refractivity contribution in [3.8, 4) is 11.5 Å². The van der Waals surface area contributed by atoms with Gasteiger partial charge in [-0.2, -0.15) is 13.5 Å². The van der Waals surface area contributed by atoms with Crippen LogP contribution >= 0.6 is 11.6 Å². The van der Waals surface area contributed by atoms with Gasteiger partial charge in [-0.25, -0.2) is 4.68 Å². The van der Waals surface area contributed by atoms with Crippen LogP contribution < -0.4 is 15.0 Å². The standard InChI is InChI=1S/C25H29ClN2O6S/c1-17-6-12-21(13-7-17)35(30,31)34-18(2)15-32-20-10-8-19(9-11-20)16-33-22-14-27-28(25(3,4)5)24(29)23(22)26/h6-14,18H,15-16H2,1-5H3. The van der Waals surface area contributed by atoms with E-state index in [9.17, 15) is 13.2 Å². The van der Waals surface area contributed by atoms with Crippen LogP contribution in [0.25, 0.3) is 0 Å². The molecular formula is C25H29ClN2O6S. The summed E-state index contributed by atoms with van der Waals surface area (Å²) < 4.78 is 42.6. The van der Waals surface area contributed by atoms with Gasteiger partial charge in [0, 0.05) is 0 Å².